The summed E-state index contributed by atoms with van der Waals surface area (Å²) in [5.41, 5.74) is 7.08. The van der Waals surface area contributed by atoms with Gasteiger partial charge in [-0.3, -0.25) is 0 Å². The summed E-state index contributed by atoms with van der Waals surface area (Å²) in [6.45, 7) is 1.04. The second-order valence-electron chi connectivity index (χ2n) is 2.46. The van der Waals surface area contributed by atoms with Crippen molar-refractivity contribution in [2.24, 2.45) is 0 Å². The lowest BCUT2D eigenvalue weighted by molar-refractivity contribution is -0.388. The second kappa shape index (κ2) is 5.61. The molecule has 0 spiro atoms. The molecule has 0 saturated carbocycles. The lowest BCUT2D eigenvalue weighted by atomic mass is 10.1. The third-order valence-electron chi connectivity index (χ3n) is 1.50. The Morgan fingerprint density at radius 2 is 1.20 bits per heavy atom. The fourth-order valence-corrected chi connectivity index (χ4v) is 0.673. The standard InChI is InChI=1S/C6H16N2O2/c7-3-5(9)1-2-6(10)4-8/h5-6,9-10H,1-4,7-8H2/p+2/t5-,6-/m0/s1. The quantitative estimate of drug-likeness (QED) is 0.335. The van der Waals surface area contributed by atoms with E-state index in [0.717, 1.165) is 0 Å². The number of aliphatic hydroxyl groups is 2. The van der Waals surface area contributed by atoms with E-state index in [1.54, 1.807) is 0 Å². The minimum atomic E-state index is -0.360. The number of hydrogen-bond donors (Lipinski definition) is 4. The molecule has 0 amide bonds. The summed E-state index contributed by atoms with van der Waals surface area (Å²) in [6.07, 6.45) is 0.530. The highest BCUT2D eigenvalue weighted by atomic mass is 16.3. The zero-order chi connectivity index (χ0) is 7.98. The fraction of sp³-hybridized carbons (Fsp3) is 1.00. The van der Waals surface area contributed by atoms with Crippen molar-refractivity contribution in [2.75, 3.05) is 13.1 Å². The smallest absolute Gasteiger partial charge is 0.103 e. The maximum atomic E-state index is 9.01. The molecule has 0 radical (unpaired) electrons. The van der Waals surface area contributed by atoms with Crippen molar-refractivity contribution < 1.29 is 21.7 Å². The third-order valence-corrected chi connectivity index (χ3v) is 1.50. The van der Waals surface area contributed by atoms with E-state index >= 15 is 0 Å². The normalized spacial score (nSPS) is 16.8. The topological polar surface area (TPSA) is 95.7 Å². The van der Waals surface area contributed by atoms with Crippen LogP contribution in [0.4, 0.5) is 0 Å². The van der Waals surface area contributed by atoms with Crippen LogP contribution in [-0.4, -0.2) is 35.5 Å². The molecule has 0 aliphatic carbocycles. The Balaban J connectivity index is 3.17. The molecule has 4 nitrogen and oxygen atoms in total. The van der Waals surface area contributed by atoms with E-state index in [1.165, 1.54) is 0 Å². The monoisotopic (exact) mass is 150 g/mol. The van der Waals surface area contributed by atoms with Crippen LogP contribution in [0.15, 0.2) is 0 Å². The highest BCUT2D eigenvalue weighted by Gasteiger charge is 2.08. The predicted molar refractivity (Wildman–Crippen MR) is 36.8 cm³/mol. The van der Waals surface area contributed by atoms with Gasteiger partial charge in [-0.1, -0.05) is 0 Å². The fourth-order valence-electron chi connectivity index (χ4n) is 0.673. The molecule has 62 valence electrons. The number of hydrogen-bond acceptors (Lipinski definition) is 2. The molecule has 0 heterocycles. The molecule has 8 N–H and O–H groups in total. The van der Waals surface area contributed by atoms with Crippen molar-refractivity contribution in [1.82, 2.24) is 0 Å². The Hall–Kier alpha value is -0.160. The highest BCUT2D eigenvalue weighted by Crippen LogP contribution is 1.97. The summed E-state index contributed by atoms with van der Waals surface area (Å²) in [7, 11) is 0. The van der Waals surface area contributed by atoms with Crippen LogP contribution in [0.3, 0.4) is 0 Å². The van der Waals surface area contributed by atoms with Crippen LogP contribution in [0, 0.1) is 0 Å². The van der Waals surface area contributed by atoms with E-state index in [2.05, 4.69) is 11.5 Å². The van der Waals surface area contributed by atoms with E-state index in [9.17, 15) is 0 Å². The second-order valence-corrected chi connectivity index (χ2v) is 2.46. The minimum Gasteiger partial charge on any atom is -0.387 e. The van der Waals surface area contributed by atoms with Gasteiger partial charge in [0.25, 0.3) is 0 Å². The predicted octanol–water partition coefficient (Wildman–Crippen LogP) is -3.03. The van der Waals surface area contributed by atoms with Gasteiger partial charge in [-0.05, 0) is 12.8 Å². The first-order valence-electron chi connectivity index (χ1n) is 3.65. The first-order valence-corrected chi connectivity index (χ1v) is 3.65. The highest BCUT2D eigenvalue weighted by molar-refractivity contribution is 4.57. The number of rotatable bonds is 5. The van der Waals surface area contributed by atoms with Crippen LogP contribution in [-0.2, 0) is 0 Å². The molecule has 0 aromatic carbocycles. The Labute approximate surface area is 60.8 Å². The Bertz CT molecular complexity index is 70.1. The van der Waals surface area contributed by atoms with Gasteiger partial charge in [0.15, 0.2) is 0 Å². The van der Waals surface area contributed by atoms with E-state index in [1.807, 2.05) is 0 Å². The zero-order valence-corrected chi connectivity index (χ0v) is 6.29. The van der Waals surface area contributed by atoms with Gasteiger partial charge < -0.3 is 21.7 Å². The van der Waals surface area contributed by atoms with Crippen LogP contribution in [0.1, 0.15) is 12.8 Å². The molecular formula is C6H18N2O2+2. The van der Waals surface area contributed by atoms with Gasteiger partial charge in [0.1, 0.15) is 25.3 Å². The van der Waals surface area contributed by atoms with Gasteiger partial charge in [-0.15, -0.1) is 0 Å². The maximum absolute atomic E-state index is 9.01. The molecule has 0 aromatic heterocycles. The molecule has 0 saturated heterocycles. The van der Waals surface area contributed by atoms with Gasteiger partial charge in [0.05, 0.1) is 0 Å². The first kappa shape index (κ1) is 9.84. The van der Waals surface area contributed by atoms with E-state index < -0.39 is 0 Å². The Morgan fingerprint density at radius 3 is 1.40 bits per heavy atom. The van der Waals surface area contributed by atoms with Gasteiger partial charge >= 0.3 is 0 Å². The van der Waals surface area contributed by atoms with Gasteiger partial charge in [-0.25, -0.2) is 0 Å². The van der Waals surface area contributed by atoms with Gasteiger partial charge in [-0.2, -0.15) is 0 Å². The van der Waals surface area contributed by atoms with Gasteiger partial charge in [0, 0.05) is 0 Å². The van der Waals surface area contributed by atoms with Gasteiger partial charge in [0.2, 0.25) is 0 Å². The Kier molecular flexibility index (Phi) is 5.52. The molecule has 2 atom stereocenters. The zero-order valence-electron chi connectivity index (χ0n) is 6.29. The lowest BCUT2D eigenvalue weighted by Gasteiger charge is -2.07. The largest absolute Gasteiger partial charge is 0.387 e. The van der Waals surface area contributed by atoms with Crippen molar-refractivity contribution in [2.45, 2.75) is 25.0 Å². The molecular weight excluding hydrogens is 132 g/mol. The van der Waals surface area contributed by atoms with E-state index in [4.69, 9.17) is 10.2 Å². The van der Waals surface area contributed by atoms with Crippen molar-refractivity contribution >= 4 is 0 Å². The van der Waals surface area contributed by atoms with Crippen LogP contribution < -0.4 is 11.5 Å². The molecule has 0 aliphatic heterocycles. The molecule has 4 heteroatoms. The minimum absolute atomic E-state index is 0.360. The first-order chi connectivity index (χ1) is 4.70. The van der Waals surface area contributed by atoms with Crippen LogP contribution in [0.5, 0.6) is 0 Å². The summed E-state index contributed by atoms with van der Waals surface area (Å²) in [4.78, 5) is 0. The summed E-state index contributed by atoms with van der Waals surface area (Å²) >= 11 is 0. The van der Waals surface area contributed by atoms with Crippen LogP contribution >= 0.6 is 0 Å². The Morgan fingerprint density at radius 1 is 0.900 bits per heavy atom. The summed E-state index contributed by atoms with van der Waals surface area (Å²) in [6, 6.07) is 0. The number of quaternary nitrogens is 2. The van der Waals surface area contributed by atoms with E-state index in [-0.39, 0.29) is 12.2 Å². The summed E-state index contributed by atoms with van der Waals surface area (Å²) in [5.74, 6) is 0. The molecule has 0 aromatic rings. The average molecular weight is 150 g/mol. The van der Waals surface area contributed by atoms with Crippen molar-refractivity contribution in [3.63, 3.8) is 0 Å². The molecule has 0 aliphatic rings. The summed E-state index contributed by atoms with van der Waals surface area (Å²) < 4.78 is 0. The third kappa shape index (κ3) is 4.69. The van der Waals surface area contributed by atoms with Crippen molar-refractivity contribution in [1.29, 1.82) is 0 Å². The maximum Gasteiger partial charge on any atom is 0.103 e. The van der Waals surface area contributed by atoms with E-state index in [0.29, 0.717) is 25.9 Å². The average Bonchev–Trinajstić information content (AvgIpc) is 1.99. The van der Waals surface area contributed by atoms with Crippen molar-refractivity contribution in [3.05, 3.63) is 0 Å². The van der Waals surface area contributed by atoms with Crippen molar-refractivity contribution in [3.8, 4) is 0 Å². The SMILES string of the molecule is [NH3+]C[C@@H](O)CC[C@H](O)C[NH3+]. The number of aliphatic hydroxyl groups excluding tert-OH is 2. The lowest BCUT2D eigenvalue weighted by Crippen LogP contribution is -2.57. The molecule has 0 rings (SSSR count). The van der Waals surface area contributed by atoms with Crippen LogP contribution in [0.2, 0.25) is 0 Å². The molecule has 0 bridgehead atoms. The summed E-state index contributed by atoms with van der Waals surface area (Å²) in [5, 5.41) is 18.0. The molecule has 0 unspecified atom stereocenters. The van der Waals surface area contributed by atoms with Crippen LogP contribution in [0.25, 0.3) is 0 Å². The molecule has 0 fully saturated rings. The molecule has 10 heavy (non-hydrogen) atoms.